The highest BCUT2D eigenvalue weighted by atomic mass is 19.2. The Morgan fingerprint density at radius 1 is 1.17 bits per heavy atom. The topological polar surface area (TPSA) is 78.4 Å². The van der Waals surface area contributed by atoms with Crippen LogP contribution in [-0.4, -0.2) is 23.1 Å². The Bertz CT molecular complexity index is 587. The minimum atomic E-state index is -0.955. The lowest BCUT2D eigenvalue weighted by Crippen LogP contribution is -2.44. The largest absolute Gasteiger partial charge is 0.481 e. The number of carboxylic acid groups (broad SMARTS) is 1. The molecule has 1 unspecified atom stereocenters. The van der Waals surface area contributed by atoms with E-state index < -0.39 is 29.7 Å². The lowest BCUT2D eigenvalue weighted by molar-refractivity contribution is -0.142. The molecule has 0 saturated heterocycles. The fraction of sp³-hybridized carbons (Fsp3) is 0.500. The number of aliphatic carboxylic acids is 1. The summed E-state index contributed by atoms with van der Waals surface area (Å²) in [7, 11) is 0. The van der Waals surface area contributed by atoms with Crippen molar-refractivity contribution in [1.29, 1.82) is 0 Å². The van der Waals surface area contributed by atoms with Crippen molar-refractivity contribution < 1.29 is 23.5 Å². The first kappa shape index (κ1) is 17.2. The van der Waals surface area contributed by atoms with E-state index in [0.29, 0.717) is 31.2 Å². The lowest BCUT2D eigenvalue weighted by atomic mass is 9.86. The molecule has 1 aromatic rings. The molecule has 1 fully saturated rings. The van der Waals surface area contributed by atoms with Gasteiger partial charge in [0.15, 0.2) is 11.6 Å². The summed E-state index contributed by atoms with van der Waals surface area (Å²) in [6.07, 6.45) is 2.31. The molecule has 3 N–H and O–H groups in total. The number of hydrogen-bond donors (Lipinski definition) is 3. The van der Waals surface area contributed by atoms with E-state index in [1.165, 1.54) is 6.07 Å². The third-order valence-corrected chi connectivity index (χ3v) is 4.20. The molecule has 23 heavy (non-hydrogen) atoms. The maximum Gasteiger partial charge on any atom is 0.315 e. The van der Waals surface area contributed by atoms with Crippen molar-refractivity contribution in [1.82, 2.24) is 10.6 Å². The van der Waals surface area contributed by atoms with Crippen molar-refractivity contribution >= 4 is 12.0 Å². The van der Waals surface area contributed by atoms with E-state index in [4.69, 9.17) is 5.11 Å². The van der Waals surface area contributed by atoms with E-state index in [1.807, 2.05) is 0 Å². The van der Waals surface area contributed by atoms with Crippen LogP contribution in [0.2, 0.25) is 0 Å². The monoisotopic (exact) mass is 326 g/mol. The van der Waals surface area contributed by atoms with Gasteiger partial charge in [-0.3, -0.25) is 4.79 Å². The van der Waals surface area contributed by atoms with Crippen molar-refractivity contribution in [3.05, 3.63) is 35.4 Å². The van der Waals surface area contributed by atoms with Crippen molar-refractivity contribution in [3.8, 4) is 0 Å². The van der Waals surface area contributed by atoms with Crippen LogP contribution < -0.4 is 10.6 Å². The van der Waals surface area contributed by atoms with Crippen LogP contribution in [0, 0.1) is 17.6 Å². The van der Waals surface area contributed by atoms with Crippen LogP contribution in [0.25, 0.3) is 0 Å². The molecule has 1 aliphatic carbocycles. The van der Waals surface area contributed by atoms with Gasteiger partial charge in [-0.1, -0.05) is 6.07 Å². The summed E-state index contributed by atoms with van der Waals surface area (Å²) in [6.45, 7) is 1.67. The molecule has 0 bridgehead atoms. The van der Waals surface area contributed by atoms with E-state index in [-0.39, 0.29) is 12.0 Å². The van der Waals surface area contributed by atoms with Crippen LogP contribution >= 0.6 is 0 Å². The van der Waals surface area contributed by atoms with Gasteiger partial charge in [0.1, 0.15) is 0 Å². The van der Waals surface area contributed by atoms with E-state index in [9.17, 15) is 18.4 Å². The zero-order valence-corrected chi connectivity index (χ0v) is 12.8. The number of urea groups is 1. The highest BCUT2D eigenvalue weighted by Crippen LogP contribution is 2.24. The average molecular weight is 326 g/mol. The predicted molar refractivity (Wildman–Crippen MR) is 79.8 cm³/mol. The smallest absolute Gasteiger partial charge is 0.315 e. The molecule has 1 saturated carbocycles. The number of rotatable bonds is 4. The second-order valence-corrected chi connectivity index (χ2v) is 5.90. The highest BCUT2D eigenvalue weighted by molar-refractivity contribution is 5.75. The number of nitrogens with one attached hydrogen (secondary N) is 2. The maximum absolute atomic E-state index is 13.2. The second-order valence-electron chi connectivity index (χ2n) is 5.90. The minimum Gasteiger partial charge on any atom is -0.481 e. The highest BCUT2D eigenvalue weighted by Gasteiger charge is 2.26. The number of benzene rings is 1. The number of carbonyl (C=O) groups excluding carboxylic acids is 1. The number of amides is 2. The predicted octanol–water partition coefficient (Wildman–Crippen LogP) is 2.97. The molecule has 0 spiro atoms. The second kappa shape index (κ2) is 7.39. The van der Waals surface area contributed by atoms with E-state index in [1.54, 1.807) is 6.92 Å². The lowest BCUT2D eigenvalue weighted by Gasteiger charge is -2.27. The molecule has 0 aliphatic heterocycles. The summed E-state index contributed by atoms with van der Waals surface area (Å²) in [5.41, 5.74) is 0.466. The summed E-state index contributed by atoms with van der Waals surface area (Å²) < 4.78 is 26.1. The summed E-state index contributed by atoms with van der Waals surface area (Å²) in [5.74, 6) is -3.01. The molecule has 0 heterocycles. The van der Waals surface area contributed by atoms with Crippen molar-refractivity contribution in [2.45, 2.75) is 44.7 Å². The number of halogens is 2. The quantitative estimate of drug-likeness (QED) is 0.796. The Labute approximate surface area is 133 Å². The van der Waals surface area contributed by atoms with Crippen molar-refractivity contribution in [3.63, 3.8) is 0 Å². The Kier molecular flexibility index (Phi) is 5.52. The Morgan fingerprint density at radius 2 is 1.83 bits per heavy atom. The zero-order valence-electron chi connectivity index (χ0n) is 12.8. The molecule has 7 heteroatoms. The molecule has 5 nitrogen and oxygen atoms in total. The van der Waals surface area contributed by atoms with Crippen LogP contribution in [0.4, 0.5) is 13.6 Å². The van der Waals surface area contributed by atoms with Gasteiger partial charge < -0.3 is 15.7 Å². The first-order valence-electron chi connectivity index (χ1n) is 7.61. The van der Waals surface area contributed by atoms with Gasteiger partial charge >= 0.3 is 12.0 Å². The van der Waals surface area contributed by atoms with Crippen LogP contribution in [-0.2, 0) is 4.79 Å². The molecule has 2 rings (SSSR count). The molecule has 1 aliphatic rings. The maximum atomic E-state index is 13.2. The molecule has 0 radical (unpaired) electrons. The Balaban J connectivity index is 1.82. The van der Waals surface area contributed by atoms with Crippen molar-refractivity contribution in [2.24, 2.45) is 5.92 Å². The molecule has 1 atom stereocenters. The van der Waals surface area contributed by atoms with Gasteiger partial charge in [0.05, 0.1) is 12.0 Å². The third kappa shape index (κ3) is 4.64. The Morgan fingerprint density at radius 3 is 2.39 bits per heavy atom. The van der Waals surface area contributed by atoms with Crippen molar-refractivity contribution in [2.75, 3.05) is 0 Å². The molecule has 1 aromatic carbocycles. The van der Waals surface area contributed by atoms with E-state index in [0.717, 1.165) is 12.1 Å². The van der Waals surface area contributed by atoms with E-state index in [2.05, 4.69) is 10.6 Å². The van der Waals surface area contributed by atoms with Crippen LogP contribution in [0.1, 0.15) is 44.2 Å². The third-order valence-electron chi connectivity index (χ3n) is 4.20. The molecule has 2 amide bonds. The van der Waals surface area contributed by atoms with Crippen LogP contribution in [0.15, 0.2) is 18.2 Å². The summed E-state index contributed by atoms with van der Waals surface area (Å²) in [4.78, 5) is 22.8. The summed E-state index contributed by atoms with van der Waals surface area (Å²) in [5, 5.41) is 14.4. The Hall–Kier alpha value is -2.18. The first-order valence-corrected chi connectivity index (χ1v) is 7.61. The van der Waals surface area contributed by atoms with E-state index >= 15 is 0 Å². The molecule has 126 valence electrons. The number of carbonyl (C=O) groups is 2. The summed E-state index contributed by atoms with van der Waals surface area (Å²) in [6, 6.07) is 2.55. The molecular weight excluding hydrogens is 306 g/mol. The van der Waals surface area contributed by atoms with Gasteiger partial charge in [-0.15, -0.1) is 0 Å². The average Bonchev–Trinajstić information content (AvgIpc) is 2.50. The van der Waals surface area contributed by atoms with Crippen LogP contribution in [0.3, 0.4) is 0 Å². The van der Waals surface area contributed by atoms with Gasteiger partial charge in [0.25, 0.3) is 0 Å². The summed E-state index contributed by atoms with van der Waals surface area (Å²) >= 11 is 0. The van der Waals surface area contributed by atoms with Gasteiger partial charge in [0.2, 0.25) is 0 Å². The van der Waals surface area contributed by atoms with Gasteiger partial charge in [-0.2, -0.15) is 0 Å². The minimum absolute atomic E-state index is 0.0669. The van der Waals surface area contributed by atoms with Crippen LogP contribution in [0.5, 0.6) is 0 Å². The zero-order chi connectivity index (χ0) is 17.0. The fourth-order valence-corrected chi connectivity index (χ4v) is 2.77. The number of hydrogen-bond acceptors (Lipinski definition) is 2. The fourth-order valence-electron chi connectivity index (χ4n) is 2.77. The normalized spacial score (nSPS) is 22.2. The van der Waals surface area contributed by atoms with Gasteiger partial charge in [-0.05, 0) is 50.3 Å². The van der Waals surface area contributed by atoms with Gasteiger partial charge in [0, 0.05) is 6.04 Å². The molecule has 0 aromatic heterocycles. The standard InChI is InChI=1S/C16H20F2N2O3/c1-9(11-4-7-13(17)14(18)8-11)19-16(23)20-12-5-2-10(3-6-12)15(21)22/h4,7-10,12H,2-3,5-6H2,1H3,(H,21,22)(H2,19,20,23). The number of carboxylic acids is 1. The SMILES string of the molecule is CC(NC(=O)NC1CCC(C(=O)O)CC1)c1ccc(F)c(F)c1. The molecular formula is C16H20F2N2O3. The van der Waals surface area contributed by atoms with Gasteiger partial charge in [-0.25, -0.2) is 13.6 Å². The first-order chi connectivity index (χ1) is 10.9.